The smallest absolute Gasteiger partial charge is 0.123 e. The van der Waals surface area contributed by atoms with Gasteiger partial charge in [-0.25, -0.2) is 4.39 Å². The van der Waals surface area contributed by atoms with Gasteiger partial charge in [0.2, 0.25) is 0 Å². The van der Waals surface area contributed by atoms with Gasteiger partial charge < -0.3 is 10.6 Å². The van der Waals surface area contributed by atoms with Crippen LogP contribution in [0.1, 0.15) is 31.9 Å². The average molecular weight is 281 g/mol. The Morgan fingerprint density at radius 1 is 1.20 bits per heavy atom. The van der Waals surface area contributed by atoms with Crippen molar-refractivity contribution in [3.05, 3.63) is 35.6 Å². The zero-order valence-electron chi connectivity index (χ0n) is 13.1. The van der Waals surface area contributed by atoms with Crippen molar-refractivity contribution in [2.45, 2.75) is 32.4 Å². The minimum Gasteiger partial charge on any atom is -0.324 e. The second kappa shape index (κ2) is 8.35. The van der Waals surface area contributed by atoms with Crippen LogP contribution >= 0.6 is 0 Å². The molecule has 2 atom stereocenters. The van der Waals surface area contributed by atoms with E-state index in [9.17, 15) is 4.39 Å². The minimum atomic E-state index is -0.212. The minimum absolute atomic E-state index is 0.0313. The molecule has 1 rings (SSSR count). The number of benzene rings is 1. The van der Waals surface area contributed by atoms with E-state index in [-0.39, 0.29) is 11.9 Å². The van der Waals surface area contributed by atoms with Gasteiger partial charge in [-0.2, -0.15) is 0 Å². The van der Waals surface area contributed by atoms with Gasteiger partial charge in [0.05, 0.1) is 0 Å². The molecule has 0 radical (unpaired) electrons. The number of nitrogens with zero attached hydrogens (tertiary/aromatic N) is 2. The monoisotopic (exact) mass is 281 g/mol. The topological polar surface area (TPSA) is 32.5 Å². The number of nitrogens with two attached hydrogens (primary N) is 1. The predicted octanol–water partition coefficient (Wildman–Crippen LogP) is 2.49. The van der Waals surface area contributed by atoms with E-state index in [1.54, 1.807) is 12.1 Å². The molecule has 0 aromatic heterocycles. The molecule has 2 unspecified atom stereocenters. The first-order chi connectivity index (χ1) is 9.43. The molecule has 0 aliphatic carbocycles. The molecule has 0 bridgehead atoms. The van der Waals surface area contributed by atoms with Crippen LogP contribution < -0.4 is 5.73 Å². The van der Waals surface area contributed by atoms with Gasteiger partial charge in [0.25, 0.3) is 0 Å². The summed E-state index contributed by atoms with van der Waals surface area (Å²) >= 11 is 0. The molecular formula is C16H28FN3. The van der Waals surface area contributed by atoms with Crippen LogP contribution in [-0.4, -0.2) is 49.6 Å². The van der Waals surface area contributed by atoms with Gasteiger partial charge in [-0.3, -0.25) is 4.90 Å². The number of hydrogen-bond acceptors (Lipinski definition) is 3. The Hall–Kier alpha value is -0.970. The van der Waals surface area contributed by atoms with E-state index in [0.717, 1.165) is 31.6 Å². The first-order valence-electron chi connectivity index (χ1n) is 7.33. The van der Waals surface area contributed by atoms with Gasteiger partial charge in [-0.05, 0) is 51.7 Å². The van der Waals surface area contributed by atoms with Gasteiger partial charge in [-0.15, -0.1) is 0 Å². The number of likely N-dealkylation sites (N-methyl/N-ethyl adjacent to an activating group) is 2. The van der Waals surface area contributed by atoms with Crippen molar-refractivity contribution in [1.82, 2.24) is 9.80 Å². The largest absolute Gasteiger partial charge is 0.324 e. The van der Waals surface area contributed by atoms with E-state index in [4.69, 9.17) is 5.73 Å². The molecule has 3 nitrogen and oxygen atoms in total. The molecule has 0 heterocycles. The first-order valence-corrected chi connectivity index (χ1v) is 7.33. The fraction of sp³-hybridized carbons (Fsp3) is 0.625. The predicted molar refractivity (Wildman–Crippen MR) is 83.2 cm³/mol. The highest BCUT2D eigenvalue weighted by molar-refractivity contribution is 5.19. The van der Waals surface area contributed by atoms with Crippen molar-refractivity contribution in [3.8, 4) is 0 Å². The Morgan fingerprint density at radius 2 is 1.80 bits per heavy atom. The van der Waals surface area contributed by atoms with Crippen molar-refractivity contribution >= 4 is 0 Å². The highest BCUT2D eigenvalue weighted by Gasteiger charge is 2.14. The van der Waals surface area contributed by atoms with Gasteiger partial charge in [-0.1, -0.05) is 19.1 Å². The highest BCUT2D eigenvalue weighted by atomic mass is 19.1. The summed E-state index contributed by atoms with van der Waals surface area (Å²) in [7, 11) is 4.18. The first kappa shape index (κ1) is 17.1. The molecule has 2 N–H and O–H groups in total. The lowest BCUT2D eigenvalue weighted by molar-refractivity contribution is 0.176. The molecule has 1 aromatic rings. The number of halogens is 1. The molecule has 114 valence electrons. The second-order valence-corrected chi connectivity index (χ2v) is 5.69. The van der Waals surface area contributed by atoms with Crippen LogP contribution in [0.15, 0.2) is 24.3 Å². The Kier molecular flexibility index (Phi) is 7.13. The molecule has 4 heteroatoms. The maximum atomic E-state index is 12.9. The van der Waals surface area contributed by atoms with E-state index in [0.29, 0.717) is 6.04 Å². The molecule has 0 fully saturated rings. The summed E-state index contributed by atoms with van der Waals surface area (Å²) in [4.78, 5) is 4.64. The molecule has 0 saturated heterocycles. The van der Waals surface area contributed by atoms with Gasteiger partial charge in [0, 0.05) is 25.2 Å². The Morgan fingerprint density at radius 3 is 2.30 bits per heavy atom. The summed E-state index contributed by atoms with van der Waals surface area (Å²) in [6.45, 7) is 7.44. The summed E-state index contributed by atoms with van der Waals surface area (Å²) in [5.41, 5.74) is 7.19. The molecule has 0 saturated carbocycles. The summed E-state index contributed by atoms with van der Waals surface area (Å²) in [5, 5.41) is 0. The molecule has 0 amide bonds. The van der Waals surface area contributed by atoms with Crippen molar-refractivity contribution < 1.29 is 4.39 Å². The van der Waals surface area contributed by atoms with Crippen LogP contribution in [0.25, 0.3) is 0 Å². The third-order valence-electron chi connectivity index (χ3n) is 3.68. The molecule has 1 aromatic carbocycles. The molecular weight excluding hydrogens is 253 g/mol. The summed E-state index contributed by atoms with van der Waals surface area (Å²) in [6.07, 6.45) is 0.886. The number of hydrogen-bond donors (Lipinski definition) is 1. The molecule has 20 heavy (non-hydrogen) atoms. The normalized spacial score (nSPS) is 14.8. The van der Waals surface area contributed by atoms with Crippen LogP contribution in [0.4, 0.5) is 4.39 Å². The summed E-state index contributed by atoms with van der Waals surface area (Å²) in [6, 6.07) is 6.98. The zero-order chi connectivity index (χ0) is 15.1. The lowest BCUT2D eigenvalue weighted by Gasteiger charge is -2.30. The van der Waals surface area contributed by atoms with Gasteiger partial charge >= 0.3 is 0 Å². The molecule has 0 spiro atoms. The quantitative estimate of drug-likeness (QED) is 0.794. The van der Waals surface area contributed by atoms with E-state index in [1.165, 1.54) is 12.1 Å². The van der Waals surface area contributed by atoms with Crippen LogP contribution in [0.5, 0.6) is 0 Å². The Labute approximate surface area is 122 Å². The Bertz CT molecular complexity index is 378. The van der Waals surface area contributed by atoms with Crippen molar-refractivity contribution in [2.24, 2.45) is 5.73 Å². The maximum absolute atomic E-state index is 12.9. The third kappa shape index (κ3) is 5.57. The van der Waals surface area contributed by atoms with Gasteiger partial charge in [0.15, 0.2) is 0 Å². The van der Waals surface area contributed by atoms with Crippen LogP contribution in [0, 0.1) is 5.82 Å². The zero-order valence-corrected chi connectivity index (χ0v) is 13.1. The number of rotatable bonds is 8. The SMILES string of the molecule is CCN(CCC(N)c1ccc(F)cc1)C(C)CN(C)C. The highest BCUT2D eigenvalue weighted by Crippen LogP contribution is 2.15. The molecule has 0 aliphatic rings. The lowest BCUT2D eigenvalue weighted by atomic mass is 10.0. The van der Waals surface area contributed by atoms with E-state index >= 15 is 0 Å². The van der Waals surface area contributed by atoms with Gasteiger partial charge in [0.1, 0.15) is 5.82 Å². The third-order valence-corrected chi connectivity index (χ3v) is 3.68. The molecule has 0 aliphatic heterocycles. The average Bonchev–Trinajstić information content (AvgIpc) is 2.39. The Balaban J connectivity index is 2.49. The summed E-state index contributed by atoms with van der Waals surface area (Å²) in [5.74, 6) is -0.212. The lowest BCUT2D eigenvalue weighted by Crippen LogP contribution is -2.41. The second-order valence-electron chi connectivity index (χ2n) is 5.69. The summed E-state index contributed by atoms with van der Waals surface area (Å²) < 4.78 is 12.9. The van der Waals surface area contributed by atoms with E-state index < -0.39 is 0 Å². The van der Waals surface area contributed by atoms with Crippen LogP contribution in [0.2, 0.25) is 0 Å². The van der Waals surface area contributed by atoms with Crippen LogP contribution in [0.3, 0.4) is 0 Å². The van der Waals surface area contributed by atoms with E-state index in [1.807, 2.05) is 0 Å². The fourth-order valence-electron chi connectivity index (χ4n) is 2.52. The van der Waals surface area contributed by atoms with Crippen molar-refractivity contribution in [1.29, 1.82) is 0 Å². The van der Waals surface area contributed by atoms with E-state index in [2.05, 4.69) is 37.7 Å². The van der Waals surface area contributed by atoms with Crippen molar-refractivity contribution in [2.75, 3.05) is 33.7 Å². The maximum Gasteiger partial charge on any atom is 0.123 e. The standard InChI is InChI=1S/C16H28FN3/c1-5-20(13(2)12-19(3)4)11-10-16(18)14-6-8-15(17)9-7-14/h6-9,13,16H,5,10-12,18H2,1-4H3. The van der Waals surface area contributed by atoms with Crippen molar-refractivity contribution in [3.63, 3.8) is 0 Å². The fourth-order valence-corrected chi connectivity index (χ4v) is 2.52. The van der Waals surface area contributed by atoms with Crippen LogP contribution in [-0.2, 0) is 0 Å².